The molecule has 0 radical (unpaired) electrons. The maximum atomic E-state index is 12.0. The molecule has 1 aromatic carbocycles. The van der Waals surface area contributed by atoms with Crippen molar-refractivity contribution in [1.29, 1.82) is 0 Å². The van der Waals surface area contributed by atoms with Gasteiger partial charge in [-0.25, -0.2) is 13.1 Å². The molecular formula is C11H14N4O2S. The standard InChI is InChI=1S/C11H14N4O2S/c1-15-8-10(11(12)14-15)18(16,17)13-7-9-5-3-2-4-6-9/h2-6,8,13H,7H2,1H3,(H2,12,14). The first-order chi connectivity index (χ1) is 8.49. The second-order valence-electron chi connectivity index (χ2n) is 3.86. The van der Waals surface area contributed by atoms with Gasteiger partial charge in [0.05, 0.1) is 0 Å². The number of aromatic nitrogens is 2. The van der Waals surface area contributed by atoms with E-state index in [1.165, 1.54) is 10.9 Å². The number of benzene rings is 1. The number of nitrogens with one attached hydrogen (secondary N) is 1. The van der Waals surface area contributed by atoms with Crippen LogP contribution in [0.1, 0.15) is 5.56 Å². The van der Waals surface area contributed by atoms with Crippen molar-refractivity contribution in [3.05, 3.63) is 42.1 Å². The third-order valence-corrected chi connectivity index (χ3v) is 3.84. The van der Waals surface area contributed by atoms with Crippen LogP contribution in [-0.4, -0.2) is 18.2 Å². The van der Waals surface area contributed by atoms with Gasteiger partial charge in [0.25, 0.3) is 0 Å². The van der Waals surface area contributed by atoms with Crippen molar-refractivity contribution in [2.24, 2.45) is 7.05 Å². The molecule has 2 aromatic rings. The molecular weight excluding hydrogens is 252 g/mol. The van der Waals surface area contributed by atoms with E-state index in [4.69, 9.17) is 5.73 Å². The van der Waals surface area contributed by atoms with Crippen LogP contribution in [0.3, 0.4) is 0 Å². The van der Waals surface area contributed by atoms with E-state index in [9.17, 15) is 8.42 Å². The van der Waals surface area contributed by atoms with Crippen molar-refractivity contribution < 1.29 is 8.42 Å². The Labute approximate surface area is 105 Å². The van der Waals surface area contributed by atoms with Crippen molar-refractivity contribution in [1.82, 2.24) is 14.5 Å². The third kappa shape index (κ3) is 2.69. The summed E-state index contributed by atoms with van der Waals surface area (Å²) in [4.78, 5) is 0.000862. The Hall–Kier alpha value is -1.86. The number of hydrogen-bond donors (Lipinski definition) is 2. The first-order valence-corrected chi connectivity index (χ1v) is 6.80. The van der Waals surface area contributed by atoms with Crippen LogP contribution in [0.15, 0.2) is 41.4 Å². The molecule has 0 aliphatic carbocycles. The van der Waals surface area contributed by atoms with E-state index in [0.29, 0.717) is 0 Å². The van der Waals surface area contributed by atoms with Gasteiger partial charge < -0.3 is 5.73 Å². The lowest BCUT2D eigenvalue weighted by molar-refractivity contribution is 0.581. The molecule has 0 aliphatic rings. The molecule has 0 spiro atoms. The highest BCUT2D eigenvalue weighted by molar-refractivity contribution is 7.89. The van der Waals surface area contributed by atoms with E-state index in [2.05, 4.69) is 9.82 Å². The lowest BCUT2D eigenvalue weighted by Crippen LogP contribution is -2.23. The van der Waals surface area contributed by atoms with Crippen molar-refractivity contribution in [2.45, 2.75) is 11.4 Å². The minimum Gasteiger partial charge on any atom is -0.381 e. The summed E-state index contributed by atoms with van der Waals surface area (Å²) in [5, 5.41) is 3.81. The molecule has 0 atom stereocenters. The Morgan fingerprint density at radius 2 is 2.00 bits per heavy atom. The normalized spacial score (nSPS) is 11.6. The highest BCUT2D eigenvalue weighted by atomic mass is 32.2. The van der Waals surface area contributed by atoms with Crippen LogP contribution >= 0.6 is 0 Å². The van der Waals surface area contributed by atoms with Gasteiger partial charge in [-0.15, -0.1) is 0 Å². The molecule has 96 valence electrons. The molecule has 0 amide bonds. The van der Waals surface area contributed by atoms with Crippen molar-refractivity contribution in [3.8, 4) is 0 Å². The van der Waals surface area contributed by atoms with E-state index in [1.807, 2.05) is 30.3 Å². The first-order valence-electron chi connectivity index (χ1n) is 5.32. The van der Waals surface area contributed by atoms with Crippen LogP contribution in [-0.2, 0) is 23.6 Å². The largest absolute Gasteiger partial charge is 0.381 e. The van der Waals surface area contributed by atoms with E-state index < -0.39 is 10.0 Å². The number of hydrogen-bond acceptors (Lipinski definition) is 4. The molecule has 6 nitrogen and oxygen atoms in total. The van der Waals surface area contributed by atoms with Crippen molar-refractivity contribution in [3.63, 3.8) is 0 Å². The molecule has 3 N–H and O–H groups in total. The number of anilines is 1. The Kier molecular flexibility index (Phi) is 3.35. The predicted octanol–water partition coefficient (Wildman–Crippen LogP) is 0.481. The summed E-state index contributed by atoms with van der Waals surface area (Å²) in [5.74, 6) is -0.00179. The molecule has 1 heterocycles. The van der Waals surface area contributed by atoms with E-state index in [1.54, 1.807) is 7.05 Å². The SMILES string of the molecule is Cn1cc(S(=O)(=O)NCc2ccccc2)c(N)n1. The van der Waals surface area contributed by atoms with Crippen LogP contribution in [0.2, 0.25) is 0 Å². The summed E-state index contributed by atoms with van der Waals surface area (Å²) < 4.78 is 27.8. The maximum Gasteiger partial charge on any atom is 0.246 e. The highest BCUT2D eigenvalue weighted by Gasteiger charge is 2.19. The van der Waals surface area contributed by atoms with Crippen LogP contribution < -0.4 is 10.5 Å². The van der Waals surface area contributed by atoms with Crippen LogP contribution in [0.4, 0.5) is 5.82 Å². The minimum atomic E-state index is -3.63. The maximum absolute atomic E-state index is 12.0. The quantitative estimate of drug-likeness (QED) is 0.842. The second kappa shape index (κ2) is 4.79. The predicted molar refractivity (Wildman–Crippen MR) is 68.1 cm³/mol. The van der Waals surface area contributed by atoms with Gasteiger partial charge in [-0.2, -0.15) is 5.10 Å². The number of nitrogens with two attached hydrogens (primary N) is 1. The monoisotopic (exact) mass is 266 g/mol. The van der Waals surface area contributed by atoms with Crippen LogP contribution in [0.25, 0.3) is 0 Å². The molecule has 2 rings (SSSR count). The Bertz CT molecular complexity index is 634. The number of aryl methyl sites for hydroxylation is 1. The summed E-state index contributed by atoms with van der Waals surface area (Å²) in [6.45, 7) is 0.220. The molecule has 1 aromatic heterocycles. The molecule has 18 heavy (non-hydrogen) atoms. The van der Waals surface area contributed by atoms with Gasteiger partial charge in [0.15, 0.2) is 5.82 Å². The molecule has 0 aliphatic heterocycles. The fraction of sp³-hybridized carbons (Fsp3) is 0.182. The fourth-order valence-corrected chi connectivity index (χ4v) is 2.66. The van der Waals surface area contributed by atoms with E-state index in [-0.39, 0.29) is 17.3 Å². The van der Waals surface area contributed by atoms with Gasteiger partial charge in [0.1, 0.15) is 4.90 Å². The molecule has 7 heteroatoms. The average Bonchev–Trinajstić information content (AvgIpc) is 2.68. The lowest BCUT2D eigenvalue weighted by atomic mass is 10.2. The molecule has 0 fully saturated rings. The number of nitrogen functional groups attached to an aromatic ring is 1. The summed E-state index contributed by atoms with van der Waals surface area (Å²) in [6, 6.07) is 9.26. The van der Waals surface area contributed by atoms with Crippen LogP contribution in [0.5, 0.6) is 0 Å². The summed E-state index contributed by atoms with van der Waals surface area (Å²) >= 11 is 0. The van der Waals surface area contributed by atoms with Crippen LogP contribution in [0, 0.1) is 0 Å². The Morgan fingerprint density at radius 1 is 1.33 bits per heavy atom. The van der Waals surface area contributed by atoms with Gasteiger partial charge in [-0.1, -0.05) is 30.3 Å². The zero-order chi connectivity index (χ0) is 13.2. The summed E-state index contributed by atoms with van der Waals surface area (Å²) in [5.41, 5.74) is 6.42. The van der Waals surface area contributed by atoms with Crippen molar-refractivity contribution >= 4 is 15.8 Å². The molecule has 0 saturated carbocycles. The van der Waals surface area contributed by atoms with Gasteiger partial charge in [0, 0.05) is 19.8 Å². The highest BCUT2D eigenvalue weighted by Crippen LogP contribution is 2.15. The Balaban J connectivity index is 2.16. The Morgan fingerprint density at radius 3 is 2.56 bits per heavy atom. The number of sulfonamides is 1. The molecule has 0 unspecified atom stereocenters. The topological polar surface area (TPSA) is 90.0 Å². The second-order valence-corrected chi connectivity index (χ2v) is 5.60. The van der Waals surface area contributed by atoms with E-state index in [0.717, 1.165) is 5.56 Å². The summed E-state index contributed by atoms with van der Waals surface area (Å²) in [6.07, 6.45) is 1.38. The first kappa shape index (κ1) is 12.6. The minimum absolute atomic E-state index is 0.000862. The summed E-state index contributed by atoms with van der Waals surface area (Å²) in [7, 11) is -2.01. The average molecular weight is 266 g/mol. The number of nitrogens with zero attached hydrogens (tertiary/aromatic N) is 2. The third-order valence-electron chi connectivity index (χ3n) is 2.42. The van der Waals surface area contributed by atoms with Gasteiger partial charge in [-0.05, 0) is 5.56 Å². The van der Waals surface area contributed by atoms with Gasteiger partial charge >= 0.3 is 0 Å². The zero-order valence-electron chi connectivity index (χ0n) is 9.87. The number of rotatable bonds is 4. The van der Waals surface area contributed by atoms with E-state index >= 15 is 0 Å². The lowest BCUT2D eigenvalue weighted by Gasteiger charge is -2.05. The van der Waals surface area contributed by atoms with Gasteiger partial charge in [-0.3, -0.25) is 4.68 Å². The zero-order valence-corrected chi connectivity index (χ0v) is 10.7. The smallest absolute Gasteiger partial charge is 0.246 e. The van der Waals surface area contributed by atoms with Crippen molar-refractivity contribution in [2.75, 3.05) is 5.73 Å². The fourth-order valence-electron chi connectivity index (χ4n) is 1.54. The molecule has 0 bridgehead atoms. The van der Waals surface area contributed by atoms with Gasteiger partial charge in [0.2, 0.25) is 10.0 Å². The molecule has 0 saturated heterocycles.